The van der Waals surface area contributed by atoms with E-state index in [9.17, 15) is 0 Å². The molecule has 18 heavy (non-hydrogen) atoms. The van der Waals surface area contributed by atoms with Gasteiger partial charge in [0.05, 0.1) is 18.6 Å². The molecule has 0 radical (unpaired) electrons. The molecule has 1 aliphatic heterocycles. The first-order chi connectivity index (χ1) is 8.85. The van der Waals surface area contributed by atoms with Crippen molar-refractivity contribution in [3.8, 4) is 0 Å². The number of halogens is 1. The first-order valence-electron chi connectivity index (χ1n) is 7.72. The van der Waals surface area contributed by atoms with E-state index in [-0.39, 0.29) is 11.9 Å². The number of alkyl halides is 1. The van der Waals surface area contributed by atoms with Gasteiger partial charge >= 0.3 is 0 Å². The van der Waals surface area contributed by atoms with Crippen LogP contribution in [0.3, 0.4) is 0 Å². The van der Waals surface area contributed by atoms with Crippen molar-refractivity contribution in [2.45, 2.75) is 82.5 Å². The summed E-state index contributed by atoms with van der Waals surface area (Å²) < 4.78 is 12.1. The van der Waals surface area contributed by atoms with E-state index in [1.165, 1.54) is 57.8 Å². The molecule has 2 aliphatic rings. The highest BCUT2D eigenvalue weighted by Crippen LogP contribution is 2.35. The molecule has 3 heteroatoms. The van der Waals surface area contributed by atoms with Gasteiger partial charge in [-0.2, -0.15) is 0 Å². The molecule has 0 aromatic rings. The van der Waals surface area contributed by atoms with Crippen LogP contribution in [0.1, 0.15) is 70.6 Å². The quantitative estimate of drug-likeness (QED) is 0.649. The highest BCUT2D eigenvalue weighted by atomic mass is 35.5. The van der Waals surface area contributed by atoms with Gasteiger partial charge in [0.15, 0.2) is 5.79 Å². The van der Waals surface area contributed by atoms with Gasteiger partial charge in [0, 0.05) is 12.8 Å². The molecule has 0 amide bonds. The van der Waals surface area contributed by atoms with Crippen molar-refractivity contribution in [2.75, 3.05) is 12.5 Å². The third kappa shape index (κ3) is 4.40. The molecular weight excluding hydrogens is 248 g/mol. The van der Waals surface area contributed by atoms with Gasteiger partial charge in [0.1, 0.15) is 0 Å². The smallest absolute Gasteiger partial charge is 0.168 e. The highest BCUT2D eigenvalue weighted by Gasteiger charge is 2.40. The zero-order chi connectivity index (χ0) is 12.7. The summed E-state index contributed by atoms with van der Waals surface area (Å²) in [5.74, 6) is 0.264. The molecule has 1 spiro atoms. The van der Waals surface area contributed by atoms with Gasteiger partial charge in [-0.1, -0.05) is 44.9 Å². The van der Waals surface area contributed by atoms with Crippen molar-refractivity contribution in [2.24, 2.45) is 0 Å². The van der Waals surface area contributed by atoms with Gasteiger partial charge in [0.2, 0.25) is 0 Å². The molecule has 0 bridgehead atoms. The maximum atomic E-state index is 6.09. The van der Waals surface area contributed by atoms with Crippen molar-refractivity contribution < 1.29 is 9.47 Å². The van der Waals surface area contributed by atoms with E-state index < -0.39 is 0 Å². The maximum absolute atomic E-state index is 6.09. The third-order valence-electron chi connectivity index (χ3n) is 4.20. The average molecular weight is 275 g/mol. The van der Waals surface area contributed by atoms with Crippen LogP contribution in [-0.2, 0) is 9.47 Å². The van der Waals surface area contributed by atoms with Crippen LogP contribution in [0, 0.1) is 0 Å². The summed E-state index contributed by atoms with van der Waals surface area (Å²) in [5.41, 5.74) is 0. The zero-order valence-corrected chi connectivity index (χ0v) is 12.2. The van der Waals surface area contributed by atoms with Crippen LogP contribution >= 0.6 is 11.6 Å². The number of hydrogen-bond acceptors (Lipinski definition) is 2. The second-order valence-corrected chi connectivity index (χ2v) is 6.11. The van der Waals surface area contributed by atoms with Gasteiger partial charge in [-0.15, -0.1) is 11.6 Å². The molecule has 2 nitrogen and oxygen atoms in total. The van der Waals surface area contributed by atoms with Gasteiger partial charge in [-0.25, -0.2) is 0 Å². The largest absolute Gasteiger partial charge is 0.347 e. The molecule has 2 fully saturated rings. The summed E-state index contributed by atoms with van der Waals surface area (Å²) in [6, 6.07) is 0. The van der Waals surface area contributed by atoms with E-state index >= 15 is 0 Å². The number of rotatable bonds is 1. The molecule has 1 saturated carbocycles. The first kappa shape index (κ1) is 14.6. The topological polar surface area (TPSA) is 18.5 Å². The maximum Gasteiger partial charge on any atom is 0.168 e. The van der Waals surface area contributed by atoms with Crippen LogP contribution in [-0.4, -0.2) is 24.4 Å². The fourth-order valence-electron chi connectivity index (χ4n) is 3.11. The summed E-state index contributed by atoms with van der Waals surface area (Å²) in [5, 5.41) is 0. The second-order valence-electron chi connectivity index (χ2n) is 5.80. The Hall–Kier alpha value is 0.210. The van der Waals surface area contributed by atoms with E-state index in [1.807, 2.05) is 0 Å². The van der Waals surface area contributed by atoms with Crippen molar-refractivity contribution in [1.29, 1.82) is 0 Å². The molecule has 0 aromatic carbocycles. The van der Waals surface area contributed by atoms with Crippen molar-refractivity contribution in [3.05, 3.63) is 0 Å². The van der Waals surface area contributed by atoms with E-state index in [4.69, 9.17) is 21.1 Å². The summed E-state index contributed by atoms with van der Waals surface area (Å²) >= 11 is 5.88. The molecule has 1 atom stereocenters. The predicted octanol–water partition coefficient (Wildman–Crippen LogP) is 4.64. The SMILES string of the molecule is ClCC1COC2(CCCCCCCCCCC2)O1. The molecule has 0 N–H and O–H groups in total. The Bertz CT molecular complexity index is 221. The van der Waals surface area contributed by atoms with Crippen molar-refractivity contribution >= 4 is 11.6 Å². The highest BCUT2D eigenvalue weighted by molar-refractivity contribution is 6.18. The molecule has 1 unspecified atom stereocenters. The van der Waals surface area contributed by atoms with Crippen LogP contribution in [0.5, 0.6) is 0 Å². The Kier molecular flexibility index (Phi) is 6.26. The Balaban J connectivity index is 1.85. The summed E-state index contributed by atoms with van der Waals surface area (Å²) in [7, 11) is 0. The van der Waals surface area contributed by atoms with Gasteiger partial charge in [-0.3, -0.25) is 0 Å². The predicted molar refractivity (Wildman–Crippen MR) is 75.1 cm³/mol. The summed E-state index contributed by atoms with van der Waals surface area (Å²) in [4.78, 5) is 0. The van der Waals surface area contributed by atoms with E-state index in [2.05, 4.69) is 0 Å². The normalized spacial score (nSPS) is 30.8. The lowest BCUT2D eigenvalue weighted by Crippen LogP contribution is -2.31. The first-order valence-corrected chi connectivity index (χ1v) is 8.26. The summed E-state index contributed by atoms with van der Waals surface area (Å²) in [6.45, 7) is 0.684. The van der Waals surface area contributed by atoms with Crippen molar-refractivity contribution in [3.63, 3.8) is 0 Å². The minimum atomic E-state index is -0.293. The van der Waals surface area contributed by atoms with Crippen molar-refractivity contribution in [1.82, 2.24) is 0 Å². The molecule has 106 valence electrons. The zero-order valence-electron chi connectivity index (χ0n) is 11.5. The lowest BCUT2D eigenvalue weighted by Gasteiger charge is -2.28. The fourth-order valence-corrected chi connectivity index (χ4v) is 3.26. The monoisotopic (exact) mass is 274 g/mol. The second kappa shape index (κ2) is 7.72. The Morgan fingerprint density at radius 1 is 0.833 bits per heavy atom. The molecule has 2 rings (SSSR count). The van der Waals surface area contributed by atoms with Gasteiger partial charge < -0.3 is 9.47 Å². The van der Waals surface area contributed by atoms with Crippen LogP contribution in [0.2, 0.25) is 0 Å². The minimum absolute atomic E-state index is 0.111. The van der Waals surface area contributed by atoms with Crippen LogP contribution < -0.4 is 0 Å². The van der Waals surface area contributed by atoms with E-state index in [0.29, 0.717) is 12.5 Å². The fraction of sp³-hybridized carbons (Fsp3) is 1.00. The number of hydrogen-bond donors (Lipinski definition) is 0. The van der Waals surface area contributed by atoms with E-state index in [1.54, 1.807) is 0 Å². The Labute approximate surface area is 116 Å². The van der Waals surface area contributed by atoms with Gasteiger partial charge in [0.25, 0.3) is 0 Å². The van der Waals surface area contributed by atoms with Gasteiger partial charge in [-0.05, 0) is 12.8 Å². The van der Waals surface area contributed by atoms with Crippen LogP contribution in [0.25, 0.3) is 0 Å². The molecular formula is C15H27ClO2. The number of ether oxygens (including phenoxy) is 2. The Morgan fingerprint density at radius 2 is 1.33 bits per heavy atom. The average Bonchev–Trinajstić information content (AvgIpc) is 2.78. The third-order valence-corrected chi connectivity index (χ3v) is 4.55. The molecule has 1 heterocycles. The lowest BCUT2D eigenvalue weighted by molar-refractivity contribution is -0.177. The minimum Gasteiger partial charge on any atom is -0.347 e. The van der Waals surface area contributed by atoms with Crippen LogP contribution in [0.15, 0.2) is 0 Å². The lowest BCUT2D eigenvalue weighted by atomic mass is 9.97. The molecule has 1 aliphatic carbocycles. The van der Waals surface area contributed by atoms with E-state index in [0.717, 1.165) is 12.8 Å². The molecule has 1 saturated heterocycles. The standard InChI is InChI=1S/C15H27ClO2/c16-12-14-13-17-15(18-14)10-8-6-4-2-1-3-5-7-9-11-15/h14H,1-13H2. The Morgan fingerprint density at radius 3 is 1.78 bits per heavy atom. The summed E-state index contributed by atoms with van der Waals surface area (Å²) in [6.07, 6.45) is 14.3. The van der Waals surface area contributed by atoms with Crippen LogP contribution in [0.4, 0.5) is 0 Å². The molecule has 0 aromatic heterocycles.